The Morgan fingerprint density at radius 1 is 1.33 bits per heavy atom. The van der Waals surface area contributed by atoms with Crippen LogP contribution in [0.4, 0.5) is 9.18 Å². The molecule has 1 N–H and O–H groups in total. The summed E-state index contributed by atoms with van der Waals surface area (Å²) in [7, 11) is 0. The molecule has 0 bridgehead atoms. The van der Waals surface area contributed by atoms with Gasteiger partial charge in [-0.2, -0.15) is 0 Å². The van der Waals surface area contributed by atoms with Crippen molar-refractivity contribution in [3.05, 3.63) is 35.6 Å². The summed E-state index contributed by atoms with van der Waals surface area (Å²) in [5, 5.41) is 10.3. The lowest BCUT2D eigenvalue weighted by Gasteiger charge is -2.36. The first-order valence-electron chi connectivity index (χ1n) is 7.18. The highest BCUT2D eigenvalue weighted by atomic mass is 19.1. The lowest BCUT2D eigenvalue weighted by atomic mass is 9.87. The topological polar surface area (TPSA) is 49.8 Å². The number of hydrogen-bond donors (Lipinski definition) is 1. The zero-order chi connectivity index (χ0) is 15.6. The molecule has 5 heteroatoms. The fourth-order valence-electron chi connectivity index (χ4n) is 2.52. The molecule has 1 heterocycles. The van der Waals surface area contributed by atoms with E-state index in [1.165, 1.54) is 17.0 Å². The van der Waals surface area contributed by atoms with E-state index in [1.807, 2.05) is 20.8 Å². The fourth-order valence-corrected chi connectivity index (χ4v) is 2.52. The predicted molar refractivity (Wildman–Crippen MR) is 77.6 cm³/mol. The van der Waals surface area contributed by atoms with Crippen molar-refractivity contribution in [2.75, 3.05) is 13.1 Å². The molecule has 1 aromatic carbocycles. The van der Waals surface area contributed by atoms with Crippen molar-refractivity contribution in [3.8, 4) is 0 Å². The molecular weight excluding hydrogens is 273 g/mol. The number of benzene rings is 1. The molecular formula is C16H22FNO3. The van der Waals surface area contributed by atoms with Crippen LogP contribution in [0.3, 0.4) is 0 Å². The van der Waals surface area contributed by atoms with Crippen LogP contribution in [0.15, 0.2) is 24.3 Å². The third-order valence-electron chi connectivity index (χ3n) is 3.53. The molecule has 2 rings (SSSR count). The molecule has 2 atom stereocenters. The maximum atomic E-state index is 12.9. The smallest absolute Gasteiger partial charge is 0.410 e. The summed E-state index contributed by atoms with van der Waals surface area (Å²) in [6, 6.07) is 6.16. The first-order valence-corrected chi connectivity index (χ1v) is 7.18. The first kappa shape index (κ1) is 15.8. The Hall–Kier alpha value is -1.62. The van der Waals surface area contributed by atoms with Crippen molar-refractivity contribution in [1.29, 1.82) is 0 Å². The summed E-state index contributed by atoms with van der Waals surface area (Å²) >= 11 is 0. The minimum absolute atomic E-state index is 0.0794. The number of halogens is 1. The molecule has 116 valence electrons. The number of carbonyl (C=O) groups is 1. The van der Waals surface area contributed by atoms with Crippen molar-refractivity contribution >= 4 is 6.09 Å². The number of β-amino-alcohol motifs (C(OH)–C–C–N with tert-alkyl or cyclic N) is 1. The zero-order valence-corrected chi connectivity index (χ0v) is 12.7. The number of nitrogens with zero attached hydrogens (tertiary/aromatic N) is 1. The number of rotatable bonds is 1. The second-order valence-electron chi connectivity index (χ2n) is 6.44. The highest BCUT2D eigenvalue weighted by Crippen LogP contribution is 2.29. The van der Waals surface area contributed by atoms with Gasteiger partial charge >= 0.3 is 6.09 Å². The van der Waals surface area contributed by atoms with Gasteiger partial charge in [0, 0.05) is 12.5 Å². The third-order valence-corrected chi connectivity index (χ3v) is 3.53. The van der Waals surface area contributed by atoms with E-state index in [-0.39, 0.29) is 18.3 Å². The van der Waals surface area contributed by atoms with Gasteiger partial charge in [0.05, 0.1) is 12.6 Å². The molecule has 0 saturated carbocycles. The number of carbonyl (C=O) groups excluding carboxylic acids is 1. The van der Waals surface area contributed by atoms with Gasteiger partial charge in [0.25, 0.3) is 0 Å². The largest absolute Gasteiger partial charge is 0.444 e. The van der Waals surface area contributed by atoms with Crippen LogP contribution in [0.2, 0.25) is 0 Å². The van der Waals surface area contributed by atoms with Crippen molar-refractivity contribution in [2.24, 2.45) is 0 Å². The molecule has 1 aromatic rings. The van der Waals surface area contributed by atoms with Crippen LogP contribution in [-0.2, 0) is 4.74 Å². The summed E-state index contributed by atoms with van der Waals surface area (Å²) in [6.07, 6.45) is -0.442. The molecule has 0 aliphatic carbocycles. The first-order chi connectivity index (χ1) is 9.76. The number of piperidine rings is 1. The van der Waals surface area contributed by atoms with Gasteiger partial charge in [-0.05, 0) is 44.9 Å². The summed E-state index contributed by atoms with van der Waals surface area (Å²) in [5.74, 6) is -0.372. The van der Waals surface area contributed by atoms with E-state index in [0.29, 0.717) is 13.0 Å². The molecule has 1 fully saturated rings. The molecule has 1 amide bonds. The maximum absolute atomic E-state index is 12.9. The second-order valence-corrected chi connectivity index (χ2v) is 6.44. The summed E-state index contributed by atoms with van der Waals surface area (Å²) < 4.78 is 18.3. The lowest BCUT2D eigenvalue weighted by Crippen LogP contribution is -2.47. The van der Waals surface area contributed by atoms with Crippen LogP contribution in [-0.4, -0.2) is 40.9 Å². The molecule has 0 spiro atoms. The van der Waals surface area contributed by atoms with E-state index in [2.05, 4.69) is 0 Å². The van der Waals surface area contributed by atoms with Crippen molar-refractivity contribution in [2.45, 2.75) is 44.8 Å². The number of hydrogen-bond acceptors (Lipinski definition) is 3. The van der Waals surface area contributed by atoms with Crippen LogP contribution < -0.4 is 0 Å². The van der Waals surface area contributed by atoms with E-state index in [4.69, 9.17) is 4.74 Å². The number of amides is 1. The molecule has 1 aliphatic heterocycles. The van der Waals surface area contributed by atoms with Crippen LogP contribution in [0.1, 0.15) is 38.7 Å². The average molecular weight is 295 g/mol. The van der Waals surface area contributed by atoms with Gasteiger partial charge in [-0.25, -0.2) is 9.18 Å². The Morgan fingerprint density at radius 2 is 1.95 bits per heavy atom. The van der Waals surface area contributed by atoms with Crippen LogP contribution in [0.5, 0.6) is 0 Å². The fraction of sp³-hybridized carbons (Fsp3) is 0.562. The zero-order valence-electron chi connectivity index (χ0n) is 12.7. The Bertz CT molecular complexity index is 495. The Balaban J connectivity index is 1.99. The maximum Gasteiger partial charge on any atom is 0.410 e. The van der Waals surface area contributed by atoms with E-state index in [1.54, 1.807) is 12.1 Å². The van der Waals surface area contributed by atoms with Crippen LogP contribution in [0.25, 0.3) is 0 Å². The van der Waals surface area contributed by atoms with Gasteiger partial charge in [-0.3, -0.25) is 0 Å². The van der Waals surface area contributed by atoms with E-state index in [9.17, 15) is 14.3 Å². The Kier molecular flexibility index (Phi) is 4.52. The van der Waals surface area contributed by atoms with Gasteiger partial charge in [0.2, 0.25) is 0 Å². The normalized spacial score (nSPS) is 23.0. The SMILES string of the molecule is CC(C)(C)OC(=O)N1CC[C@@H](c2ccc(F)cc2)[C@H](O)C1. The number of aliphatic hydroxyl groups is 1. The standard InChI is InChI=1S/C16H22FNO3/c1-16(2,3)21-15(20)18-9-8-13(14(19)10-18)11-4-6-12(17)7-5-11/h4-7,13-14,19H,8-10H2,1-3H3/t13-,14+/m0/s1. The number of likely N-dealkylation sites (tertiary alicyclic amines) is 1. The monoisotopic (exact) mass is 295 g/mol. The summed E-state index contributed by atoms with van der Waals surface area (Å²) in [5.41, 5.74) is 0.350. The quantitative estimate of drug-likeness (QED) is 0.866. The van der Waals surface area contributed by atoms with Crippen LogP contribution >= 0.6 is 0 Å². The summed E-state index contributed by atoms with van der Waals surface area (Å²) in [6.45, 7) is 6.19. The number of ether oxygens (including phenoxy) is 1. The Morgan fingerprint density at radius 3 is 2.48 bits per heavy atom. The third kappa shape index (κ3) is 4.17. The molecule has 1 saturated heterocycles. The van der Waals surface area contributed by atoms with Gasteiger partial charge in [-0.15, -0.1) is 0 Å². The van der Waals surface area contributed by atoms with Crippen molar-refractivity contribution < 1.29 is 19.0 Å². The average Bonchev–Trinajstić information content (AvgIpc) is 2.38. The van der Waals surface area contributed by atoms with Gasteiger partial charge in [0.1, 0.15) is 11.4 Å². The highest BCUT2D eigenvalue weighted by molar-refractivity contribution is 5.68. The minimum atomic E-state index is -0.670. The molecule has 0 unspecified atom stereocenters. The molecule has 21 heavy (non-hydrogen) atoms. The van der Waals surface area contributed by atoms with E-state index < -0.39 is 17.8 Å². The van der Waals surface area contributed by atoms with Gasteiger partial charge in [0.15, 0.2) is 0 Å². The molecule has 1 aliphatic rings. The highest BCUT2D eigenvalue weighted by Gasteiger charge is 2.33. The molecule has 0 aromatic heterocycles. The number of aliphatic hydroxyl groups excluding tert-OH is 1. The Labute approximate surface area is 124 Å². The van der Waals surface area contributed by atoms with E-state index in [0.717, 1.165) is 5.56 Å². The van der Waals surface area contributed by atoms with Crippen LogP contribution in [0, 0.1) is 5.82 Å². The van der Waals surface area contributed by atoms with Crippen molar-refractivity contribution in [1.82, 2.24) is 4.90 Å². The molecule has 4 nitrogen and oxygen atoms in total. The lowest BCUT2D eigenvalue weighted by molar-refractivity contribution is -0.00152. The predicted octanol–water partition coefficient (Wildman–Crippen LogP) is 2.91. The van der Waals surface area contributed by atoms with Gasteiger partial charge in [-0.1, -0.05) is 12.1 Å². The van der Waals surface area contributed by atoms with E-state index >= 15 is 0 Å². The molecule has 0 radical (unpaired) electrons. The van der Waals surface area contributed by atoms with Gasteiger partial charge < -0.3 is 14.7 Å². The summed E-state index contributed by atoms with van der Waals surface area (Å²) in [4.78, 5) is 13.5. The second kappa shape index (κ2) is 6.02. The van der Waals surface area contributed by atoms with Crippen molar-refractivity contribution in [3.63, 3.8) is 0 Å². The minimum Gasteiger partial charge on any atom is -0.444 e.